The van der Waals surface area contributed by atoms with E-state index in [4.69, 9.17) is 4.74 Å². The number of rotatable bonds is 5. The number of tetrazole rings is 1. The van der Waals surface area contributed by atoms with Crippen LogP contribution in [0.1, 0.15) is 25.1 Å². The van der Waals surface area contributed by atoms with Crippen LogP contribution in [0.15, 0.2) is 18.2 Å². The fraction of sp³-hybridized carbons (Fsp3) is 0.467. The van der Waals surface area contributed by atoms with Gasteiger partial charge in [-0.1, -0.05) is 0 Å². The van der Waals surface area contributed by atoms with Crippen molar-refractivity contribution < 1.29 is 9.53 Å². The second-order valence-electron chi connectivity index (χ2n) is 5.57. The van der Waals surface area contributed by atoms with Gasteiger partial charge < -0.3 is 15.4 Å². The molecule has 8 nitrogen and oxygen atoms in total. The van der Waals surface area contributed by atoms with Gasteiger partial charge in [-0.05, 0) is 54.9 Å². The Morgan fingerprint density at radius 3 is 3.04 bits per heavy atom. The van der Waals surface area contributed by atoms with Crippen molar-refractivity contribution in [3.63, 3.8) is 0 Å². The molecule has 1 aromatic carbocycles. The van der Waals surface area contributed by atoms with Crippen LogP contribution in [0, 0.1) is 6.92 Å². The number of amides is 1. The number of methoxy groups -OCH3 is 1. The Labute approximate surface area is 134 Å². The monoisotopic (exact) mass is 316 g/mol. The number of carbonyl (C=O) groups is 1. The molecule has 1 fully saturated rings. The highest BCUT2D eigenvalue weighted by Crippen LogP contribution is 2.26. The second kappa shape index (κ2) is 6.74. The van der Waals surface area contributed by atoms with E-state index in [1.165, 1.54) is 0 Å². The van der Waals surface area contributed by atoms with E-state index in [9.17, 15) is 4.79 Å². The number of hydrogen-bond donors (Lipinski definition) is 2. The molecule has 1 amide bonds. The molecule has 3 rings (SSSR count). The minimum Gasteiger partial charge on any atom is -0.494 e. The Morgan fingerprint density at radius 1 is 1.52 bits per heavy atom. The van der Waals surface area contributed by atoms with Crippen LogP contribution in [0.4, 0.5) is 5.69 Å². The zero-order valence-electron chi connectivity index (χ0n) is 13.2. The van der Waals surface area contributed by atoms with Gasteiger partial charge in [0, 0.05) is 18.2 Å². The molecule has 0 radical (unpaired) electrons. The molecule has 1 aromatic heterocycles. The summed E-state index contributed by atoms with van der Waals surface area (Å²) in [6.07, 6.45) is 2.65. The summed E-state index contributed by atoms with van der Waals surface area (Å²) in [5.41, 5.74) is 1.38. The average Bonchev–Trinajstić information content (AvgIpc) is 3.18. The fourth-order valence-electron chi connectivity index (χ4n) is 2.75. The Bertz CT molecular complexity index is 693. The Balaban J connectivity index is 1.78. The van der Waals surface area contributed by atoms with E-state index in [0.29, 0.717) is 29.4 Å². The molecular weight excluding hydrogens is 296 g/mol. The predicted molar refractivity (Wildman–Crippen MR) is 84.7 cm³/mol. The van der Waals surface area contributed by atoms with Crippen LogP contribution in [0.25, 0.3) is 5.69 Å². The third-order valence-corrected chi connectivity index (χ3v) is 3.91. The lowest BCUT2D eigenvalue weighted by molar-refractivity contribution is -0.116. The van der Waals surface area contributed by atoms with Crippen molar-refractivity contribution >= 4 is 11.6 Å². The van der Waals surface area contributed by atoms with Crippen LogP contribution in [-0.2, 0) is 4.79 Å². The minimum absolute atomic E-state index is 0.00560. The molecule has 0 bridgehead atoms. The first kappa shape index (κ1) is 15.4. The second-order valence-corrected chi connectivity index (χ2v) is 5.57. The lowest BCUT2D eigenvalue weighted by atomic mass is 10.1. The number of aryl methyl sites for hydroxylation is 1. The summed E-state index contributed by atoms with van der Waals surface area (Å²) >= 11 is 0. The first-order valence-corrected chi connectivity index (χ1v) is 7.64. The normalized spacial score (nSPS) is 17.2. The molecule has 8 heteroatoms. The maximum atomic E-state index is 12.2. The standard InChI is InChI=1S/C15H20N6O2/c1-10-18-19-20-21(10)13-8-12(5-6-14(13)23-2)17-15(22)9-11-4-3-7-16-11/h5-6,8,11,16H,3-4,7,9H2,1-2H3,(H,17,22). The zero-order chi connectivity index (χ0) is 16.2. The van der Waals surface area contributed by atoms with E-state index in [2.05, 4.69) is 26.2 Å². The number of benzene rings is 1. The van der Waals surface area contributed by atoms with Gasteiger partial charge >= 0.3 is 0 Å². The summed E-state index contributed by atoms with van der Waals surface area (Å²) in [6.45, 7) is 2.79. The third kappa shape index (κ3) is 3.48. The van der Waals surface area contributed by atoms with Gasteiger partial charge in [0.25, 0.3) is 0 Å². The molecule has 2 heterocycles. The van der Waals surface area contributed by atoms with E-state index in [-0.39, 0.29) is 11.9 Å². The molecule has 0 spiro atoms. The van der Waals surface area contributed by atoms with Crippen LogP contribution in [-0.4, -0.2) is 45.8 Å². The lowest BCUT2D eigenvalue weighted by Crippen LogP contribution is -2.27. The van der Waals surface area contributed by atoms with Gasteiger partial charge in [-0.25, -0.2) is 0 Å². The molecule has 122 valence electrons. The van der Waals surface area contributed by atoms with E-state index in [0.717, 1.165) is 19.4 Å². The first-order valence-electron chi connectivity index (χ1n) is 7.64. The summed E-state index contributed by atoms with van der Waals surface area (Å²) in [6, 6.07) is 5.68. The number of hydrogen-bond acceptors (Lipinski definition) is 6. The largest absolute Gasteiger partial charge is 0.494 e. The maximum Gasteiger partial charge on any atom is 0.225 e. The van der Waals surface area contributed by atoms with Crippen molar-refractivity contribution in [2.45, 2.75) is 32.2 Å². The Morgan fingerprint density at radius 2 is 2.39 bits per heavy atom. The van der Waals surface area contributed by atoms with Gasteiger partial charge in [0.05, 0.1) is 7.11 Å². The first-order chi connectivity index (χ1) is 11.2. The highest BCUT2D eigenvalue weighted by Gasteiger charge is 2.18. The average molecular weight is 316 g/mol. The van der Waals surface area contributed by atoms with Gasteiger partial charge in [0.2, 0.25) is 5.91 Å². The molecule has 2 N–H and O–H groups in total. The number of carbonyl (C=O) groups excluding carboxylic acids is 1. The van der Waals surface area contributed by atoms with Gasteiger partial charge in [-0.2, -0.15) is 4.68 Å². The van der Waals surface area contributed by atoms with Gasteiger partial charge in [0.1, 0.15) is 11.4 Å². The molecule has 1 aliphatic heterocycles. The van der Waals surface area contributed by atoms with Crippen LogP contribution in [0.3, 0.4) is 0 Å². The number of aromatic nitrogens is 4. The predicted octanol–water partition coefficient (Wildman–Crippen LogP) is 1.06. The minimum atomic E-state index is -0.00560. The molecule has 1 unspecified atom stereocenters. The fourth-order valence-corrected chi connectivity index (χ4v) is 2.75. The summed E-state index contributed by atoms with van der Waals surface area (Å²) in [5.74, 6) is 1.27. The van der Waals surface area contributed by atoms with E-state index < -0.39 is 0 Å². The molecule has 0 saturated carbocycles. The highest BCUT2D eigenvalue weighted by atomic mass is 16.5. The van der Waals surface area contributed by atoms with Crippen molar-refractivity contribution in [2.24, 2.45) is 0 Å². The quantitative estimate of drug-likeness (QED) is 0.856. The van der Waals surface area contributed by atoms with Crippen LogP contribution < -0.4 is 15.4 Å². The smallest absolute Gasteiger partial charge is 0.225 e. The van der Waals surface area contributed by atoms with Crippen LogP contribution in [0.2, 0.25) is 0 Å². The van der Waals surface area contributed by atoms with Crippen LogP contribution >= 0.6 is 0 Å². The van der Waals surface area contributed by atoms with Gasteiger partial charge in [0.15, 0.2) is 5.82 Å². The number of nitrogens with zero attached hydrogens (tertiary/aromatic N) is 4. The molecule has 1 saturated heterocycles. The molecule has 23 heavy (non-hydrogen) atoms. The number of ether oxygens (including phenoxy) is 1. The van der Waals surface area contributed by atoms with Crippen molar-refractivity contribution in [1.29, 1.82) is 0 Å². The topological polar surface area (TPSA) is 94.0 Å². The molecule has 1 aliphatic rings. The SMILES string of the molecule is COc1ccc(NC(=O)CC2CCCN2)cc1-n1nnnc1C. The Kier molecular flexibility index (Phi) is 4.52. The van der Waals surface area contributed by atoms with Crippen molar-refractivity contribution in [1.82, 2.24) is 25.5 Å². The van der Waals surface area contributed by atoms with Crippen molar-refractivity contribution in [2.75, 3.05) is 19.0 Å². The summed E-state index contributed by atoms with van der Waals surface area (Å²) in [4.78, 5) is 12.2. The van der Waals surface area contributed by atoms with Crippen molar-refractivity contribution in [3.05, 3.63) is 24.0 Å². The van der Waals surface area contributed by atoms with Gasteiger partial charge in [-0.3, -0.25) is 4.79 Å². The van der Waals surface area contributed by atoms with Crippen molar-refractivity contribution in [3.8, 4) is 11.4 Å². The highest BCUT2D eigenvalue weighted by molar-refractivity contribution is 5.91. The zero-order valence-corrected chi connectivity index (χ0v) is 13.2. The molecule has 0 aliphatic carbocycles. The van der Waals surface area contributed by atoms with Gasteiger partial charge in [-0.15, -0.1) is 5.10 Å². The molecule has 2 aromatic rings. The van der Waals surface area contributed by atoms with Crippen LogP contribution in [0.5, 0.6) is 5.75 Å². The molecular formula is C15H20N6O2. The summed E-state index contributed by atoms with van der Waals surface area (Å²) in [7, 11) is 1.59. The summed E-state index contributed by atoms with van der Waals surface area (Å²) < 4.78 is 6.93. The Hall–Kier alpha value is -2.48. The summed E-state index contributed by atoms with van der Waals surface area (Å²) in [5, 5.41) is 17.7. The van der Waals surface area contributed by atoms with E-state index >= 15 is 0 Å². The number of nitrogens with one attached hydrogen (secondary N) is 2. The van der Waals surface area contributed by atoms with E-state index in [1.807, 2.05) is 12.1 Å². The van der Waals surface area contributed by atoms with E-state index in [1.54, 1.807) is 24.8 Å². The lowest BCUT2D eigenvalue weighted by Gasteiger charge is -2.13. The number of anilines is 1. The third-order valence-electron chi connectivity index (χ3n) is 3.91. The molecule has 1 atom stereocenters. The maximum absolute atomic E-state index is 12.2.